The zero-order valence-corrected chi connectivity index (χ0v) is 8.00. The quantitative estimate of drug-likeness (QED) is 0.542. The molecule has 0 amide bonds. The van der Waals surface area contributed by atoms with Crippen molar-refractivity contribution in [2.24, 2.45) is 0 Å². The SMILES string of the molecule is CC1C[C@H](S(C)(=O)=O)CN1C#N. The number of likely N-dealkylation sites (tertiary alicyclic amines) is 1. The van der Waals surface area contributed by atoms with E-state index in [1.54, 1.807) is 0 Å². The van der Waals surface area contributed by atoms with Crippen LogP contribution in [0.5, 0.6) is 0 Å². The van der Waals surface area contributed by atoms with Crippen LogP contribution in [0, 0.1) is 11.5 Å². The summed E-state index contributed by atoms with van der Waals surface area (Å²) in [6.07, 6.45) is 3.79. The van der Waals surface area contributed by atoms with Crippen LogP contribution in [0.3, 0.4) is 0 Å². The van der Waals surface area contributed by atoms with Gasteiger partial charge in [-0.25, -0.2) is 8.42 Å². The third-order valence-corrected chi connectivity index (χ3v) is 3.82. The predicted octanol–water partition coefficient (Wildman–Crippen LogP) is -0.0251. The summed E-state index contributed by atoms with van der Waals surface area (Å²) in [6, 6.07) is 0.0646. The molecule has 1 unspecified atom stereocenters. The van der Waals surface area contributed by atoms with E-state index in [4.69, 9.17) is 5.26 Å². The first kappa shape index (κ1) is 9.33. The molecule has 0 aromatic heterocycles. The molecule has 1 saturated heterocycles. The molecular weight excluding hydrogens is 176 g/mol. The molecule has 0 aliphatic carbocycles. The molecule has 68 valence electrons. The third-order valence-electron chi connectivity index (χ3n) is 2.27. The second kappa shape index (κ2) is 2.94. The Labute approximate surface area is 72.7 Å². The van der Waals surface area contributed by atoms with Gasteiger partial charge in [0.05, 0.1) is 5.25 Å². The van der Waals surface area contributed by atoms with Crippen molar-refractivity contribution in [3.63, 3.8) is 0 Å². The van der Waals surface area contributed by atoms with E-state index < -0.39 is 9.84 Å². The lowest BCUT2D eigenvalue weighted by molar-refractivity contribution is 0.388. The van der Waals surface area contributed by atoms with Gasteiger partial charge in [0, 0.05) is 18.8 Å². The van der Waals surface area contributed by atoms with Crippen molar-refractivity contribution < 1.29 is 8.42 Å². The summed E-state index contributed by atoms with van der Waals surface area (Å²) in [6.45, 7) is 2.23. The molecule has 0 N–H and O–H groups in total. The van der Waals surface area contributed by atoms with Gasteiger partial charge in [-0.1, -0.05) is 0 Å². The Morgan fingerprint density at radius 2 is 2.17 bits per heavy atom. The summed E-state index contributed by atoms with van der Waals surface area (Å²) in [5.74, 6) is 0. The molecular formula is C7H12N2O2S. The van der Waals surface area contributed by atoms with Gasteiger partial charge >= 0.3 is 0 Å². The van der Waals surface area contributed by atoms with Gasteiger partial charge in [0.2, 0.25) is 0 Å². The minimum atomic E-state index is -2.97. The Kier molecular flexibility index (Phi) is 2.29. The minimum Gasteiger partial charge on any atom is -0.307 e. The largest absolute Gasteiger partial charge is 0.307 e. The van der Waals surface area contributed by atoms with Crippen LogP contribution < -0.4 is 0 Å². The van der Waals surface area contributed by atoms with E-state index in [0.29, 0.717) is 13.0 Å². The van der Waals surface area contributed by atoms with Crippen LogP contribution in [0.4, 0.5) is 0 Å². The molecule has 0 radical (unpaired) electrons. The summed E-state index contributed by atoms with van der Waals surface area (Å²) in [7, 11) is -2.97. The fraction of sp³-hybridized carbons (Fsp3) is 0.857. The van der Waals surface area contributed by atoms with Crippen LogP contribution in [-0.2, 0) is 9.84 Å². The first-order valence-electron chi connectivity index (χ1n) is 3.80. The smallest absolute Gasteiger partial charge is 0.179 e. The molecule has 0 saturated carbocycles. The molecule has 1 rings (SSSR count). The maximum atomic E-state index is 11.1. The van der Waals surface area contributed by atoms with Crippen molar-refractivity contribution in [3.05, 3.63) is 0 Å². The van der Waals surface area contributed by atoms with E-state index >= 15 is 0 Å². The van der Waals surface area contributed by atoms with E-state index in [0.717, 1.165) is 0 Å². The third kappa shape index (κ3) is 1.69. The standard InChI is InChI=1S/C7H12N2O2S/c1-6-3-7(12(2,10)11)4-9(6)5-8/h6-7H,3-4H2,1-2H3/t6?,7-/m0/s1. The van der Waals surface area contributed by atoms with E-state index in [1.807, 2.05) is 13.1 Å². The van der Waals surface area contributed by atoms with Crippen LogP contribution in [0.15, 0.2) is 0 Å². The van der Waals surface area contributed by atoms with Gasteiger partial charge in [0.1, 0.15) is 0 Å². The summed E-state index contributed by atoms with van der Waals surface area (Å²) < 4.78 is 22.2. The van der Waals surface area contributed by atoms with Gasteiger partial charge in [-0.2, -0.15) is 5.26 Å². The van der Waals surface area contributed by atoms with E-state index in [9.17, 15) is 8.42 Å². The number of nitriles is 1. The zero-order chi connectivity index (χ0) is 9.35. The first-order valence-corrected chi connectivity index (χ1v) is 5.76. The average molecular weight is 188 g/mol. The van der Waals surface area contributed by atoms with Gasteiger partial charge in [0.25, 0.3) is 0 Å². The lowest BCUT2D eigenvalue weighted by Crippen LogP contribution is -2.24. The molecule has 1 aliphatic rings. The Morgan fingerprint density at radius 3 is 2.42 bits per heavy atom. The molecule has 0 bridgehead atoms. The molecule has 4 nitrogen and oxygen atoms in total. The normalized spacial score (nSPS) is 30.2. The van der Waals surface area contributed by atoms with Gasteiger partial charge in [-0.3, -0.25) is 0 Å². The van der Waals surface area contributed by atoms with E-state index in [2.05, 4.69) is 0 Å². The van der Waals surface area contributed by atoms with Gasteiger partial charge < -0.3 is 4.90 Å². The molecule has 0 spiro atoms. The Morgan fingerprint density at radius 1 is 1.58 bits per heavy atom. The predicted molar refractivity (Wildman–Crippen MR) is 45.0 cm³/mol. The Balaban J connectivity index is 2.75. The number of nitrogens with zero attached hydrogens (tertiary/aromatic N) is 2. The number of hydrogen-bond donors (Lipinski definition) is 0. The van der Waals surface area contributed by atoms with Crippen LogP contribution >= 0.6 is 0 Å². The number of sulfone groups is 1. The molecule has 0 aromatic carbocycles. The number of hydrogen-bond acceptors (Lipinski definition) is 4. The lowest BCUT2D eigenvalue weighted by atomic mass is 10.2. The highest BCUT2D eigenvalue weighted by Gasteiger charge is 2.34. The van der Waals surface area contributed by atoms with Gasteiger partial charge in [-0.05, 0) is 13.3 Å². The van der Waals surface area contributed by atoms with E-state index in [-0.39, 0.29) is 11.3 Å². The highest BCUT2D eigenvalue weighted by Crippen LogP contribution is 2.21. The summed E-state index contributed by atoms with van der Waals surface area (Å²) in [5.41, 5.74) is 0. The minimum absolute atomic E-state index is 0.0646. The first-order chi connectivity index (χ1) is 5.45. The van der Waals surface area contributed by atoms with Crippen molar-refractivity contribution >= 4 is 9.84 Å². The number of rotatable bonds is 1. The van der Waals surface area contributed by atoms with E-state index in [1.165, 1.54) is 11.2 Å². The fourth-order valence-corrected chi connectivity index (χ4v) is 2.49. The van der Waals surface area contributed by atoms with Crippen LogP contribution in [0.1, 0.15) is 13.3 Å². The maximum absolute atomic E-state index is 11.1. The molecule has 1 heterocycles. The molecule has 5 heteroatoms. The summed E-state index contributed by atoms with van der Waals surface area (Å²) >= 11 is 0. The summed E-state index contributed by atoms with van der Waals surface area (Å²) in [5, 5.41) is 8.25. The average Bonchev–Trinajstić information content (AvgIpc) is 2.29. The Bertz CT molecular complexity index is 304. The lowest BCUT2D eigenvalue weighted by Gasteiger charge is -2.10. The van der Waals surface area contributed by atoms with Crippen LogP contribution in [-0.4, -0.2) is 37.4 Å². The topological polar surface area (TPSA) is 61.2 Å². The van der Waals surface area contributed by atoms with Crippen molar-refractivity contribution in [1.29, 1.82) is 5.26 Å². The van der Waals surface area contributed by atoms with Crippen molar-refractivity contribution in [3.8, 4) is 6.19 Å². The molecule has 1 fully saturated rings. The second-order valence-corrected chi connectivity index (χ2v) is 5.61. The molecule has 12 heavy (non-hydrogen) atoms. The molecule has 2 atom stereocenters. The Hall–Kier alpha value is -0.760. The molecule has 0 aromatic rings. The van der Waals surface area contributed by atoms with Crippen molar-refractivity contribution in [2.75, 3.05) is 12.8 Å². The highest BCUT2D eigenvalue weighted by molar-refractivity contribution is 7.91. The zero-order valence-electron chi connectivity index (χ0n) is 7.19. The maximum Gasteiger partial charge on any atom is 0.179 e. The monoisotopic (exact) mass is 188 g/mol. The van der Waals surface area contributed by atoms with Crippen LogP contribution in [0.25, 0.3) is 0 Å². The van der Waals surface area contributed by atoms with Gasteiger partial charge in [-0.15, -0.1) is 0 Å². The van der Waals surface area contributed by atoms with Crippen LogP contribution in [0.2, 0.25) is 0 Å². The van der Waals surface area contributed by atoms with Crippen molar-refractivity contribution in [1.82, 2.24) is 4.90 Å². The fourth-order valence-electron chi connectivity index (χ4n) is 1.43. The highest BCUT2D eigenvalue weighted by atomic mass is 32.2. The van der Waals surface area contributed by atoms with Crippen molar-refractivity contribution in [2.45, 2.75) is 24.6 Å². The summed E-state index contributed by atoms with van der Waals surface area (Å²) in [4.78, 5) is 1.52. The second-order valence-electron chi connectivity index (χ2n) is 3.29. The molecule has 1 aliphatic heterocycles. The van der Waals surface area contributed by atoms with Gasteiger partial charge in [0.15, 0.2) is 16.0 Å².